The molecule has 2 aromatic rings. The van der Waals surface area contributed by atoms with Gasteiger partial charge < -0.3 is 0 Å². The molecule has 0 spiro atoms. The van der Waals surface area contributed by atoms with Gasteiger partial charge in [-0.1, -0.05) is 0 Å². The van der Waals surface area contributed by atoms with Gasteiger partial charge in [0.05, 0.1) is 5.56 Å². The Hall–Kier alpha value is -2.31. The fourth-order valence-electron chi connectivity index (χ4n) is 1.57. The summed E-state index contributed by atoms with van der Waals surface area (Å²) in [5.41, 5.74) is -2.69. The first-order chi connectivity index (χ1) is 9.30. The Morgan fingerprint density at radius 1 is 1.05 bits per heavy atom. The molecule has 0 unspecified atom stereocenters. The highest BCUT2D eigenvalue weighted by Gasteiger charge is 2.35. The molecule has 0 aliphatic heterocycles. The zero-order valence-corrected chi connectivity index (χ0v) is 9.71. The predicted octanol–water partition coefficient (Wildman–Crippen LogP) is 3.61. The Kier molecular flexibility index (Phi) is 3.52. The van der Waals surface area contributed by atoms with Gasteiger partial charge in [0.1, 0.15) is 11.5 Å². The summed E-state index contributed by atoms with van der Waals surface area (Å²) in [6, 6.07) is 3.88. The largest absolute Gasteiger partial charge is 0.419 e. The smallest absolute Gasteiger partial charge is 0.287 e. The molecule has 0 aliphatic carbocycles. The van der Waals surface area contributed by atoms with Crippen molar-refractivity contribution in [3.05, 3.63) is 65.0 Å². The average molecular weight is 287 g/mol. The van der Waals surface area contributed by atoms with Crippen LogP contribution in [0.15, 0.2) is 36.5 Å². The summed E-state index contributed by atoms with van der Waals surface area (Å²) in [4.78, 5) is 15.3. The fraction of sp³-hybridized carbons (Fsp3) is 0.0769. The number of benzene rings is 1. The minimum Gasteiger partial charge on any atom is -0.287 e. The van der Waals surface area contributed by atoms with Gasteiger partial charge in [-0.15, -0.1) is 0 Å². The van der Waals surface area contributed by atoms with Gasteiger partial charge in [-0.3, -0.25) is 4.79 Å². The maximum Gasteiger partial charge on any atom is 0.419 e. The van der Waals surface area contributed by atoms with Crippen LogP contribution in [0.25, 0.3) is 0 Å². The number of nitrogens with zero attached hydrogens (tertiary/aromatic N) is 1. The van der Waals surface area contributed by atoms with Crippen LogP contribution >= 0.6 is 0 Å². The van der Waals surface area contributed by atoms with Crippen molar-refractivity contribution >= 4 is 5.78 Å². The molecule has 0 N–H and O–H groups in total. The molecule has 0 radical (unpaired) electrons. The number of rotatable bonds is 2. The molecule has 0 saturated carbocycles. The van der Waals surface area contributed by atoms with E-state index in [0.717, 1.165) is 18.3 Å². The molecule has 20 heavy (non-hydrogen) atoms. The number of hydrogen-bond donors (Lipinski definition) is 0. The summed E-state index contributed by atoms with van der Waals surface area (Å²) in [7, 11) is 0. The second kappa shape index (κ2) is 4.99. The maximum absolute atomic E-state index is 13.4. The summed E-state index contributed by atoms with van der Waals surface area (Å²) in [5, 5.41) is 0. The number of hydrogen-bond acceptors (Lipinski definition) is 2. The number of alkyl halides is 3. The Bertz CT molecular complexity index is 666. The first kappa shape index (κ1) is 14.1. The molecule has 0 fully saturated rings. The number of aromatic nitrogens is 1. The topological polar surface area (TPSA) is 30.0 Å². The van der Waals surface area contributed by atoms with Crippen LogP contribution in [0.1, 0.15) is 21.6 Å². The highest BCUT2D eigenvalue weighted by Crippen LogP contribution is 2.32. The van der Waals surface area contributed by atoms with Crippen molar-refractivity contribution in [1.29, 1.82) is 0 Å². The lowest BCUT2D eigenvalue weighted by Gasteiger charge is -2.09. The second-order valence-electron chi connectivity index (χ2n) is 3.86. The first-order valence-corrected chi connectivity index (χ1v) is 5.32. The molecule has 104 valence electrons. The Morgan fingerprint density at radius 2 is 1.75 bits per heavy atom. The molecular weight excluding hydrogens is 281 g/mol. The van der Waals surface area contributed by atoms with E-state index in [-0.39, 0.29) is 0 Å². The van der Waals surface area contributed by atoms with E-state index in [4.69, 9.17) is 0 Å². The Morgan fingerprint density at radius 3 is 2.35 bits per heavy atom. The van der Waals surface area contributed by atoms with Crippen LogP contribution in [0.2, 0.25) is 0 Å². The Labute approximate surface area is 109 Å². The van der Waals surface area contributed by atoms with Crippen LogP contribution in [0.5, 0.6) is 0 Å². The zero-order chi connectivity index (χ0) is 14.9. The number of pyridine rings is 1. The molecule has 7 heteroatoms. The highest BCUT2D eigenvalue weighted by molar-refractivity contribution is 6.07. The summed E-state index contributed by atoms with van der Waals surface area (Å²) >= 11 is 0. The molecule has 2 nitrogen and oxygen atoms in total. The molecule has 0 amide bonds. The summed E-state index contributed by atoms with van der Waals surface area (Å²) in [5.74, 6) is -3.51. The second-order valence-corrected chi connectivity index (χ2v) is 3.86. The van der Waals surface area contributed by atoms with Crippen LogP contribution in [0.3, 0.4) is 0 Å². The number of ketones is 1. The molecule has 0 bridgehead atoms. The third-order valence-electron chi connectivity index (χ3n) is 2.51. The molecular formula is C13H6F5NO. The van der Waals surface area contributed by atoms with Crippen molar-refractivity contribution in [2.24, 2.45) is 0 Å². The lowest BCUT2D eigenvalue weighted by Crippen LogP contribution is -2.12. The molecule has 2 rings (SSSR count). The number of halogens is 5. The summed E-state index contributed by atoms with van der Waals surface area (Å²) in [6.45, 7) is 0. The van der Waals surface area contributed by atoms with Crippen LogP contribution in [-0.2, 0) is 6.18 Å². The summed E-state index contributed by atoms with van der Waals surface area (Å²) in [6.07, 6.45) is -3.81. The van der Waals surface area contributed by atoms with E-state index in [1.54, 1.807) is 0 Å². The van der Waals surface area contributed by atoms with Crippen molar-refractivity contribution in [3.63, 3.8) is 0 Å². The van der Waals surface area contributed by atoms with E-state index < -0.39 is 40.4 Å². The average Bonchev–Trinajstić information content (AvgIpc) is 2.37. The van der Waals surface area contributed by atoms with Crippen molar-refractivity contribution in [1.82, 2.24) is 4.98 Å². The SMILES string of the molecule is O=C(c1ccc(F)c(C(F)(F)F)c1)c1ncccc1F. The number of carbonyl (C=O) groups excluding carboxylic acids is 1. The molecule has 0 aliphatic rings. The van der Waals surface area contributed by atoms with Crippen LogP contribution in [0, 0.1) is 11.6 Å². The minimum absolute atomic E-state index is 0.339. The fourth-order valence-corrected chi connectivity index (χ4v) is 1.57. The lowest BCUT2D eigenvalue weighted by atomic mass is 10.0. The van der Waals surface area contributed by atoms with E-state index in [1.165, 1.54) is 6.07 Å². The van der Waals surface area contributed by atoms with E-state index in [1.807, 2.05) is 0 Å². The predicted molar refractivity (Wildman–Crippen MR) is 59.0 cm³/mol. The van der Waals surface area contributed by atoms with Crippen LogP contribution in [-0.4, -0.2) is 10.8 Å². The zero-order valence-electron chi connectivity index (χ0n) is 9.71. The van der Waals surface area contributed by atoms with Gasteiger partial charge in [-0.25, -0.2) is 13.8 Å². The lowest BCUT2D eigenvalue weighted by molar-refractivity contribution is -0.140. The minimum atomic E-state index is -4.94. The van der Waals surface area contributed by atoms with Gasteiger partial charge in [-0.2, -0.15) is 13.2 Å². The van der Waals surface area contributed by atoms with Gasteiger partial charge in [-0.05, 0) is 30.3 Å². The van der Waals surface area contributed by atoms with E-state index >= 15 is 0 Å². The van der Waals surface area contributed by atoms with Crippen LogP contribution in [0.4, 0.5) is 22.0 Å². The van der Waals surface area contributed by atoms with E-state index in [0.29, 0.717) is 12.1 Å². The number of carbonyl (C=O) groups is 1. The van der Waals surface area contributed by atoms with Crippen molar-refractivity contribution < 1.29 is 26.7 Å². The molecule has 0 atom stereocenters. The van der Waals surface area contributed by atoms with Crippen LogP contribution < -0.4 is 0 Å². The first-order valence-electron chi connectivity index (χ1n) is 5.32. The summed E-state index contributed by atoms with van der Waals surface area (Å²) < 4.78 is 64.0. The van der Waals surface area contributed by atoms with Gasteiger partial charge in [0.2, 0.25) is 5.78 Å². The third-order valence-corrected chi connectivity index (χ3v) is 2.51. The monoisotopic (exact) mass is 287 g/mol. The molecule has 1 aromatic carbocycles. The Balaban J connectivity index is 2.50. The van der Waals surface area contributed by atoms with E-state index in [9.17, 15) is 26.7 Å². The van der Waals surface area contributed by atoms with Crippen molar-refractivity contribution in [2.45, 2.75) is 6.18 Å². The standard InChI is InChI=1S/C13H6F5NO/c14-9-4-3-7(6-8(9)13(16,17)18)12(20)11-10(15)2-1-5-19-11/h1-6H. The quantitative estimate of drug-likeness (QED) is 0.624. The molecule has 0 saturated heterocycles. The van der Waals surface area contributed by atoms with Gasteiger partial charge in [0, 0.05) is 11.8 Å². The molecule has 1 heterocycles. The normalized spacial score (nSPS) is 11.4. The third kappa shape index (κ3) is 2.66. The van der Waals surface area contributed by atoms with E-state index in [2.05, 4.69) is 4.98 Å². The van der Waals surface area contributed by atoms with Crippen molar-refractivity contribution in [2.75, 3.05) is 0 Å². The maximum atomic E-state index is 13.4. The highest BCUT2D eigenvalue weighted by atomic mass is 19.4. The molecule has 1 aromatic heterocycles. The van der Waals surface area contributed by atoms with Gasteiger partial charge in [0.15, 0.2) is 5.82 Å². The van der Waals surface area contributed by atoms with Gasteiger partial charge in [0.25, 0.3) is 0 Å². The van der Waals surface area contributed by atoms with Gasteiger partial charge >= 0.3 is 6.18 Å². The van der Waals surface area contributed by atoms with Crippen molar-refractivity contribution in [3.8, 4) is 0 Å².